The van der Waals surface area contributed by atoms with Crippen molar-refractivity contribution in [3.8, 4) is 5.69 Å². The number of hydrogen-bond donors (Lipinski definition) is 1. The summed E-state index contributed by atoms with van der Waals surface area (Å²) >= 11 is 0. The number of benzene rings is 1. The molecule has 1 amide bonds. The van der Waals surface area contributed by atoms with Crippen LogP contribution in [0.25, 0.3) is 5.69 Å². The number of aryl methyl sites for hydroxylation is 1. The third kappa shape index (κ3) is 2.45. The van der Waals surface area contributed by atoms with E-state index in [0.29, 0.717) is 5.56 Å². The molecule has 1 aromatic carbocycles. The SMILES string of the molecule is Cc1nn(-c2ccccc2)c(C)c1NC(=O)c1ccoc1. The molecule has 0 atom stereocenters. The van der Waals surface area contributed by atoms with Gasteiger partial charge in [-0.05, 0) is 32.0 Å². The molecule has 5 heteroatoms. The van der Waals surface area contributed by atoms with Gasteiger partial charge >= 0.3 is 0 Å². The fourth-order valence-corrected chi connectivity index (χ4v) is 2.22. The molecular formula is C16H15N3O2. The Morgan fingerprint density at radius 3 is 2.62 bits per heavy atom. The largest absolute Gasteiger partial charge is 0.472 e. The first-order valence-corrected chi connectivity index (χ1v) is 6.62. The van der Waals surface area contributed by atoms with E-state index in [9.17, 15) is 4.79 Å². The van der Waals surface area contributed by atoms with Gasteiger partial charge in [-0.15, -0.1) is 0 Å². The highest BCUT2D eigenvalue weighted by Gasteiger charge is 2.16. The van der Waals surface area contributed by atoms with Gasteiger partial charge in [0.05, 0.1) is 34.6 Å². The molecule has 0 aliphatic rings. The normalized spacial score (nSPS) is 10.6. The van der Waals surface area contributed by atoms with E-state index in [0.717, 1.165) is 22.8 Å². The minimum Gasteiger partial charge on any atom is -0.472 e. The number of para-hydroxylation sites is 1. The first-order valence-electron chi connectivity index (χ1n) is 6.62. The molecular weight excluding hydrogens is 266 g/mol. The van der Waals surface area contributed by atoms with Gasteiger partial charge in [-0.25, -0.2) is 4.68 Å². The first-order chi connectivity index (χ1) is 10.2. The maximum absolute atomic E-state index is 12.1. The molecule has 21 heavy (non-hydrogen) atoms. The van der Waals surface area contributed by atoms with Crippen LogP contribution in [0.5, 0.6) is 0 Å². The molecule has 0 saturated carbocycles. The number of aromatic nitrogens is 2. The van der Waals surface area contributed by atoms with Crippen LogP contribution >= 0.6 is 0 Å². The van der Waals surface area contributed by atoms with Gasteiger partial charge in [0.25, 0.3) is 5.91 Å². The van der Waals surface area contributed by atoms with Crippen molar-refractivity contribution >= 4 is 11.6 Å². The topological polar surface area (TPSA) is 60.1 Å². The number of rotatable bonds is 3. The quantitative estimate of drug-likeness (QED) is 0.801. The highest BCUT2D eigenvalue weighted by atomic mass is 16.3. The van der Waals surface area contributed by atoms with E-state index in [1.54, 1.807) is 6.07 Å². The summed E-state index contributed by atoms with van der Waals surface area (Å²) in [5.74, 6) is -0.206. The number of amides is 1. The second-order valence-corrected chi connectivity index (χ2v) is 4.76. The van der Waals surface area contributed by atoms with E-state index < -0.39 is 0 Å². The molecule has 2 aromatic heterocycles. The molecule has 0 unspecified atom stereocenters. The molecule has 3 aromatic rings. The molecule has 0 aliphatic carbocycles. The predicted molar refractivity (Wildman–Crippen MR) is 79.7 cm³/mol. The second kappa shape index (κ2) is 5.28. The molecule has 0 bridgehead atoms. The molecule has 3 rings (SSSR count). The first kappa shape index (κ1) is 13.2. The summed E-state index contributed by atoms with van der Waals surface area (Å²) in [6, 6.07) is 11.4. The Kier molecular flexibility index (Phi) is 3.31. The lowest BCUT2D eigenvalue weighted by Crippen LogP contribution is -2.12. The molecule has 0 radical (unpaired) electrons. The molecule has 106 valence electrons. The van der Waals surface area contributed by atoms with Crippen LogP contribution in [-0.4, -0.2) is 15.7 Å². The van der Waals surface area contributed by atoms with Gasteiger partial charge in [-0.1, -0.05) is 18.2 Å². The van der Waals surface area contributed by atoms with E-state index in [-0.39, 0.29) is 5.91 Å². The number of carbonyl (C=O) groups is 1. The van der Waals surface area contributed by atoms with Crippen molar-refractivity contribution in [3.63, 3.8) is 0 Å². The fourth-order valence-electron chi connectivity index (χ4n) is 2.22. The van der Waals surface area contributed by atoms with Crippen LogP contribution in [0.3, 0.4) is 0 Å². The van der Waals surface area contributed by atoms with E-state index in [4.69, 9.17) is 4.42 Å². The number of anilines is 1. The molecule has 1 N–H and O–H groups in total. The summed E-state index contributed by atoms with van der Waals surface area (Å²) < 4.78 is 6.75. The van der Waals surface area contributed by atoms with Gasteiger partial charge < -0.3 is 9.73 Å². The number of nitrogens with one attached hydrogen (secondary N) is 1. The number of carbonyl (C=O) groups excluding carboxylic acids is 1. The number of nitrogens with zero attached hydrogens (tertiary/aromatic N) is 2. The van der Waals surface area contributed by atoms with Gasteiger partial charge in [-0.3, -0.25) is 4.79 Å². The zero-order valence-electron chi connectivity index (χ0n) is 11.8. The Balaban J connectivity index is 1.94. The number of hydrogen-bond acceptors (Lipinski definition) is 3. The Hall–Kier alpha value is -2.82. The van der Waals surface area contributed by atoms with Gasteiger partial charge in [0.15, 0.2) is 0 Å². The summed E-state index contributed by atoms with van der Waals surface area (Å²) in [5.41, 5.74) is 3.83. The van der Waals surface area contributed by atoms with E-state index in [2.05, 4.69) is 10.4 Å². The molecule has 0 aliphatic heterocycles. The third-order valence-electron chi connectivity index (χ3n) is 3.31. The van der Waals surface area contributed by atoms with Crippen molar-refractivity contribution in [2.75, 3.05) is 5.32 Å². The molecule has 0 spiro atoms. The maximum atomic E-state index is 12.1. The Morgan fingerprint density at radius 2 is 1.95 bits per heavy atom. The Labute approximate surface area is 122 Å². The highest BCUT2D eigenvalue weighted by molar-refractivity contribution is 6.04. The third-order valence-corrected chi connectivity index (χ3v) is 3.31. The summed E-state index contributed by atoms with van der Waals surface area (Å²) in [6.07, 6.45) is 2.89. The highest BCUT2D eigenvalue weighted by Crippen LogP contribution is 2.23. The minimum atomic E-state index is -0.206. The second-order valence-electron chi connectivity index (χ2n) is 4.76. The van der Waals surface area contributed by atoms with Crippen LogP contribution in [0.15, 0.2) is 53.3 Å². The predicted octanol–water partition coefficient (Wildman–Crippen LogP) is 3.33. The summed E-state index contributed by atoms with van der Waals surface area (Å²) in [4.78, 5) is 12.1. The van der Waals surface area contributed by atoms with Crippen molar-refractivity contribution in [2.24, 2.45) is 0 Å². The van der Waals surface area contributed by atoms with Gasteiger partial charge in [0.2, 0.25) is 0 Å². The molecule has 2 heterocycles. The lowest BCUT2D eigenvalue weighted by atomic mass is 10.2. The average molecular weight is 281 g/mol. The van der Waals surface area contributed by atoms with Crippen molar-refractivity contribution in [3.05, 3.63) is 65.9 Å². The van der Waals surface area contributed by atoms with Crippen LogP contribution in [0.1, 0.15) is 21.7 Å². The fraction of sp³-hybridized carbons (Fsp3) is 0.125. The van der Waals surface area contributed by atoms with Crippen molar-refractivity contribution in [1.82, 2.24) is 9.78 Å². The summed E-state index contributed by atoms with van der Waals surface area (Å²) in [6.45, 7) is 3.80. The van der Waals surface area contributed by atoms with Gasteiger partial charge in [0, 0.05) is 0 Å². The average Bonchev–Trinajstić information content (AvgIpc) is 3.12. The van der Waals surface area contributed by atoms with Crippen LogP contribution < -0.4 is 5.32 Å². The molecule has 5 nitrogen and oxygen atoms in total. The summed E-state index contributed by atoms with van der Waals surface area (Å²) in [7, 11) is 0. The molecule has 0 saturated heterocycles. The van der Waals surface area contributed by atoms with Crippen LogP contribution in [0.2, 0.25) is 0 Å². The van der Waals surface area contributed by atoms with Crippen LogP contribution in [0, 0.1) is 13.8 Å². The maximum Gasteiger partial charge on any atom is 0.259 e. The Bertz CT molecular complexity index is 758. The van der Waals surface area contributed by atoms with E-state index in [1.807, 2.05) is 48.9 Å². The van der Waals surface area contributed by atoms with Crippen molar-refractivity contribution < 1.29 is 9.21 Å². The lowest BCUT2D eigenvalue weighted by Gasteiger charge is -2.06. The zero-order valence-corrected chi connectivity index (χ0v) is 11.8. The zero-order chi connectivity index (χ0) is 14.8. The van der Waals surface area contributed by atoms with Gasteiger partial charge in [0.1, 0.15) is 6.26 Å². The van der Waals surface area contributed by atoms with E-state index in [1.165, 1.54) is 12.5 Å². The summed E-state index contributed by atoms with van der Waals surface area (Å²) in [5, 5.41) is 7.38. The monoisotopic (exact) mass is 281 g/mol. The standard InChI is InChI=1S/C16H15N3O2/c1-11-15(17-16(20)13-8-9-21-10-13)12(2)19(18-11)14-6-4-3-5-7-14/h3-10H,1-2H3,(H,17,20). The van der Waals surface area contributed by atoms with Crippen LogP contribution in [0.4, 0.5) is 5.69 Å². The minimum absolute atomic E-state index is 0.206. The number of furan rings is 1. The smallest absolute Gasteiger partial charge is 0.259 e. The van der Waals surface area contributed by atoms with Crippen molar-refractivity contribution in [2.45, 2.75) is 13.8 Å². The lowest BCUT2D eigenvalue weighted by molar-refractivity contribution is 0.102. The Morgan fingerprint density at radius 1 is 1.19 bits per heavy atom. The van der Waals surface area contributed by atoms with Crippen molar-refractivity contribution in [1.29, 1.82) is 0 Å². The van der Waals surface area contributed by atoms with E-state index >= 15 is 0 Å². The van der Waals surface area contributed by atoms with Gasteiger partial charge in [-0.2, -0.15) is 5.10 Å². The molecule has 0 fully saturated rings. The van der Waals surface area contributed by atoms with Crippen LogP contribution in [-0.2, 0) is 0 Å².